The van der Waals surface area contributed by atoms with Crippen molar-refractivity contribution in [2.45, 2.75) is 0 Å². The van der Waals surface area contributed by atoms with E-state index in [1.807, 2.05) is 0 Å². The van der Waals surface area contributed by atoms with Crippen molar-refractivity contribution in [1.29, 1.82) is 0 Å². The first-order valence-electron chi connectivity index (χ1n) is 3.46. The lowest BCUT2D eigenvalue weighted by molar-refractivity contribution is 0.359. The molecule has 0 heterocycles. The van der Waals surface area contributed by atoms with Crippen LogP contribution in [0, 0.1) is 11.6 Å². The minimum atomic E-state index is -1.98. The lowest BCUT2D eigenvalue weighted by Gasteiger charge is -2.07. The van der Waals surface area contributed by atoms with Gasteiger partial charge in [-0.3, -0.25) is 0 Å². The Morgan fingerprint density at radius 2 is 1.92 bits per heavy atom. The molecule has 1 aromatic rings. The second-order valence-electron chi connectivity index (χ2n) is 2.36. The number of hydrogen-bond donors (Lipinski definition) is 2. The fourth-order valence-corrected chi connectivity index (χ4v) is 0.934. The second kappa shape index (κ2) is 3.72. The van der Waals surface area contributed by atoms with Gasteiger partial charge in [0.2, 0.25) is 0 Å². The zero-order valence-corrected chi connectivity index (χ0v) is 6.79. The molecule has 1 rings (SSSR count). The van der Waals surface area contributed by atoms with E-state index in [0.29, 0.717) is 0 Å². The summed E-state index contributed by atoms with van der Waals surface area (Å²) in [4.78, 5) is 0. The van der Waals surface area contributed by atoms with Crippen molar-refractivity contribution in [3.8, 4) is 5.75 Å². The standard InChI is InChI=1S/C7H7BF2O3/c1-13-7-5(9)3-2-4(6(7)10)8(11)12/h2-3,11-12H,1H3. The minimum absolute atomic E-state index is 0.418. The molecule has 0 unspecified atom stereocenters. The Balaban J connectivity index is 3.27. The number of rotatable bonds is 2. The molecular formula is C7H7BF2O3. The molecule has 0 aromatic heterocycles. The number of halogens is 2. The van der Waals surface area contributed by atoms with Crippen molar-refractivity contribution in [2.75, 3.05) is 7.11 Å². The number of hydrogen-bond acceptors (Lipinski definition) is 3. The van der Waals surface area contributed by atoms with E-state index in [-0.39, 0.29) is 0 Å². The normalized spacial score (nSPS) is 9.92. The summed E-state index contributed by atoms with van der Waals surface area (Å²) in [5.41, 5.74) is -0.418. The van der Waals surface area contributed by atoms with Crippen LogP contribution < -0.4 is 10.2 Å². The van der Waals surface area contributed by atoms with Gasteiger partial charge in [0, 0.05) is 5.46 Å². The van der Waals surface area contributed by atoms with Gasteiger partial charge in [-0.2, -0.15) is 0 Å². The van der Waals surface area contributed by atoms with Crippen LogP contribution in [-0.2, 0) is 0 Å². The molecule has 0 amide bonds. The monoisotopic (exact) mass is 188 g/mol. The Morgan fingerprint density at radius 3 is 2.38 bits per heavy atom. The van der Waals surface area contributed by atoms with Crippen molar-refractivity contribution >= 4 is 12.6 Å². The Kier molecular flexibility index (Phi) is 2.85. The van der Waals surface area contributed by atoms with Crippen molar-refractivity contribution in [3.05, 3.63) is 23.8 Å². The molecule has 13 heavy (non-hydrogen) atoms. The number of ether oxygens (including phenoxy) is 1. The highest BCUT2D eigenvalue weighted by atomic mass is 19.1. The molecule has 6 heteroatoms. The summed E-state index contributed by atoms with van der Waals surface area (Å²) in [5, 5.41) is 17.3. The van der Waals surface area contributed by atoms with Crippen molar-refractivity contribution < 1.29 is 23.6 Å². The van der Waals surface area contributed by atoms with E-state index >= 15 is 0 Å². The summed E-state index contributed by atoms with van der Waals surface area (Å²) in [5.74, 6) is -2.60. The van der Waals surface area contributed by atoms with Crippen LogP contribution in [0.5, 0.6) is 5.75 Å². The smallest absolute Gasteiger partial charge is 0.491 e. The van der Waals surface area contributed by atoms with E-state index in [4.69, 9.17) is 10.0 Å². The minimum Gasteiger partial charge on any atom is -0.491 e. The zero-order chi connectivity index (χ0) is 10.0. The Labute approximate surface area is 73.7 Å². The van der Waals surface area contributed by atoms with Gasteiger partial charge < -0.3 is 14.8 Å². The van der Waals surface area contributed by atoms with Crippen molar-refractivity contribution in [1.82, 2.24) is 0 Å². The molecule has 2 N–H and O–H groups in total. The molecule has 0 bridgehead atoms. The Hall–Kier alpha value is -1.14. The van der Waals surface area contributed by atoms with E-state index in [9.17, 15) is 8.78 Å². The molecule has 0 saturated carbocycles. The van der Waals surface area contributed by atoms with Crippen LogP contribution in [0.15, 0.2) is 12.1 Å². The lowest BCUT2D eigenvalue weighted by atomic mass is 9.80. The summed E-state index contributed by atoms with van der Waals surface area (Å²) in [6, 6.07) is 1.84. The van der Waals surface area contributed by atoms with Gasteiger partial charge in [0.1, 0.15) is 0 Å². The third kappa shape index (κ3) is 1.79. The second-order valence-corrected chi connectivity index (χ2v) is 2.36. The van der Waals surface area contributed by atoms with E-state index in [1.54, 1.807) is 0 Å². The maximum atomic E-state index is 13.1. The molecule has 0 aliphatic heterocycles. The van der Waals surface area contributed by atoms with Gasteiger partial charge in [0.05, 0.1) is 7.11 Å². The summed E-state index contributed by atoms with van der Waals surface area (Å²) < 4.78 is 30.3. The Bertz CT molecular complexity index is 317. The van der Waals surface area contributed by atoms with Gasteiger partial charge in [0.15, 0.2) is 17.4 Å². The molecule has 3 nitrogen and oxygen atoms in total. The molecule has 0 aliphatic rings. The molecule has 1 aromatic carbocycles. The molecule has 0 fully saturated rings. The first-order chi connectivity index (χ1) is 6.07. The maximum Gasteiger partial charge on any atom is 0.491 e. The summed E-state index contributed by atoms with van der Waals surface area (Å²) in [6.07, 6.45) is 0. The van der Waals surface area contributed by atoms with E-state index in [1.165, 1.54) is 0 Å². The molecule has 0 saturated heterocycles. The third-order valence-electron chi connectivity index (χ3n) is 1.56. The van der Waals surface area contributed by atoms with Crippen LogP contribution in [-0.4, -0.2) is 24.3 Å². The van der Waals surface area contributed by atoms with Crippen LogP contribution in [0.1, 0.15) is 0 Å². The average molecular weight is 188 g/mol. The van der Waals surface area contributed by atoms with Crippen molar-refractivity contribution in [2.24, 2.45) is 0 Å². The largest absolute Gasteiger partial charge is 0.491 e. The molecule has 0 radical (unpaired) electrons. The van der Waals surface area contributed by atoms with Crippen molar-refractivity contribution in [3.63, 3.8) is 0 Å². The fraction of sp³-hybridized carbons (Fsp3) is 0.143. The first kappa shape index (κ1) is 9.95. The highest BCUT2D eigenvalue weighted by molar-refractivity contribution is 6.58. The molecular weight excluding hydrogens is 181 g/mol. The van der Waals surface area contributed by atoms with Crippen LogP contribution in [0.3, 0.4) is 0 Å². The van der Waals surface area contributed by atoms with Crippen LogP contribution in [0.4, 0.5) is 8.78 Å². The summed E-state index contributed by atoms with van der Waals surface area (Å²) in [6.45, 7) is 0. The first-order valence-corrected chi connectivity index (χ1v) is 3.46. The van der Waals surface area contributed by atoms with Crippen LogP contribution in [0.25, 0.3) is 0 Å². The maximum absolute atomic E-state index is 13.1. The highest BCUT2D eigenvalue weighted by Gasteiger charge is 2.21. The van der Waals surface area contributed by atoms with Gasteiger partial charge in [-0.25, -0.2) is 8.78 Å². The Morgan fingerprint density at radius 1 is 1.31 bits per heavy atom. The SMILES string of the molecule is COc1c(F)ccc(B(O)O)c1F. The summed E-state index contributed by atoms with van der Waals surface area (Å²) in [7, 11) is -0.885. The lowest BCUT2D eigenvalue weighted by Crippen LogP contribution is -2.33. The predicted octanol–water partition coefficient (Wildman–Crippen LogP) is -0.347. The van der Waals surface area contributed by atoms with E-state index in [2.05, 4.69) is 4.74 Å². The summed E-state index contributed by atoms with van der Waals surface area (Å²) >= 11 is 0. The number of benzene rings is 1. The zero-order valence-electron chi connectivity index (χ0n) is 6.79. The third-order valence-corrected chi connectivity index (χ3v) is 1.56. The molecule has 0 aliphatic carbocycles. The average Bonchev–Trinajstić information content (AvgIpc) is 2.04. The topological polar surface area (TPSA) is 49.7 Å². The van der Waals surface area contributed by atoms with Crippen LogP contribution in [0.2, 0.25) is 0 Å². The fourth-order valence-electron chi connectivity index (χ4n) is 0.934. The predicted molar refractivity (Wildman–Crippen MR) is 42.7 cm³/mol. The van der Waals surface area contributed by atoms with Gasteiger partial charge >= 0.3 is 7.12 Å². The van der Waals surface area contributed by atoms with Crippen LogP contribution >= 0.6 is 0 Å². The molecule has 0 atom stereocenters. The number of methoxy groups -OCH3 is 1. The van der Waals surface area contributed by atoms with Gasteiger partial charge in [-0.1, -0.05) is 6.07 Å². The quantitative estimate of drug-likeness (QED) is 0.623. The van der Waals surface area contributed by atoms with E-state index < -0.39 is 30.0 Å². The van der Waals surface area contributed by atoms with Gasteiger partial charge in [-0.05, 0) is 6.07 Å². The molecule has 0 spiro atoms. The van der Waals surface area contributed by atoms with Gasteiger partial charge in [0.25, 0.3) is 0 Å². The molecule has 70 valence electrons. The van der Waals surface area contributed by atoms with E-state index in [0.717, 1.165) is 19.2 Å². The highest BCUT2D eigenvalue weighted by Crippen LogP contribution is 2.18. The van der Waals surface area contributed by atoms with Gasteiger partial charge in [-0.15, -0.1) is 0 Å².